The molecule has 0 aromatic heterocycles. The maximum atomic E-state index is 12.9. The zero-order chi connectivity index (χ0) is 58.5. The van der Waals surface area contributed by atoms with Gasteiger partial charge in [-0.25, -0.2) is 0 Å². The molecule has 0 amide bonds. The minimum absolute atomic E-state index is 0.0801. The fraction of sp³-hybridized carbons (Fsp3) is 0.693. The molecular formula is C75H126O6. The maximum Gasteiger partial charge on any atom is 0.306 e. The first-order valence-corrected chi connectivity index (χ1v) is 34.0. The SMILES string of the molecule is CC/C=C\C/C=C\C/C=C\C/C=C\C/C=C\CCCCCCCCCCCCCC(=O)OCC(COC(=O)CCCCCCCCCCCCC)OC(=O)CCCCCCCCCCC/C=C\C/C=C\C/C=C\C/C=C\C/C=C\CC. The molecule has 0 heterocycles. The van der Waals surface area contributed by atoms with E-state index in [-0.39, 0.29) is 31.1 Å². The van der Waals surface area contributed by atoms with Gasteiger partial charge in [-0.15, -0.1) is 0 Å². The highest BCUT2D eigenvalue weighted by molar-refractivity contribution is 5.71. The van der Waals surface area contributed by atoms with Crippen LogP contribution in [-0.2, 0) is 28.6 Å². The van der Waals surface area contributed by atoms with Crippen molar-refractivity contribution < 1.29 is 28.6 Å². The van der Waals surface area contributed by atoms with Crippen molar-refractivity contribution in [1.82, 2.24) is 0 Å². The Bertz CT molecular complexity index is 1670. The number of hydrogen-bond acceptors (Lipinski definition) is 6. The molecular weight excluding hydrogens is 997 g/mol. The lowest BCUT2D eigenvalue weighted by Crippen LogP contribution is -2.30. The van der Waals surface area contributed by atoms with Crippen LogP contribution in [0.25, 0.3) is 0 Å². The summed E-state index contributed by atoms with van der Waals surface area (Å²) in [5.41, 5.74) is 0. The van der Waals surface area contributed by atoms with Crippen molar-refractivity contribution in [3.8, 4) is 0 Å². The van der Waals surface area contributed by atoms with E-state index in [2.05, 4.69) is 142 Å². The second-order valence-electron chi connectivity index (χ2n) is 22.3. The van der Waals surface area contributed by atoms with Gasteiger partial charge in [-0.1, -0.05) is 309 Å². The first kappa shape index (κ1) is 76.8. The third-order valence-corrected chi connectivity index (χ3v) is 14.5. The number of unbranched alkanes of at least 4 members (excludes halogenated alkanes) is 30. The standard InChI is InChI=1S/C75H126O6/c1-4-7-10-13-16-19-22-24-26-28-30-32-34-36-37-39-40-42-44-46-48-50-53-56-59-62-65-68-74(77)80-71-72(70-79-73(76)67-64-61-58-55-52-21-18-15-12-9-6-3)81-75(78)69-66-63-60-57-54-51-49-47-45-43-41-38-35-33-31-29-27-25-23-20-17-14-11-8-5-2/h7-8,10-11,16-17,19-20,24-27,30-33,36-38,41,72H,4-6,9,12-15,18,21-23,28-29,34-35,39-40,42-71H2,1-3H3/b10-7-,11-8-,19-16-,20-17-,26-24-,27-25-,32-30-,33-31-,37-36-,41-38-. The van der Waals surface area contributed by atoms with Gasteiger partial charge in [0.2, 0.25) is 0 Å². The topological polar surface area (TPSA) is 78.9 Å². The van der Waals surface area contributed by atoms with Crippen LogP contribution in [0.1, 0.15) is 316 Å². The Balaban J connectivity index is 4.28. The monoisotopic (exact) mass is 1120 g/mol. The molecule has 0 aliphatic carbocycles. The zero-order valence-corrected chi connectivity index (χ0v) is 53.0. The first-order valence-electron chi connectivity index (χ1n) is 34.0. The van der Waals surface area contributed by atoms with Crippen molar-refractivity contribution in [2.45, 2.75) is 322 Å². The van der Waals surface area contributed by atoms with Crippen LogP contribution in [0.4, 0.5) is 0 Å². The Morgan fingerprint density at radius 3 is 0.753 bits per heavy atom. The molecule has 0 fully saturated rings. The van der Waals surface area contributed by atoms with Crippen molar-refractivity contribution in [2.75, 3.05) is 13.2 Å². The predicted octanol–water partition coefficient (Wildman–Crippen LogP) is 23.6. The first-order chi connectivity index (χ1) is 40.0. The minimum Gasteiger partial charge on any atom is -0.462 e. The Labute approximate surface area is 501 Å². The summed E-state index contributed by atoms with van der Waals surface area (Å²) in [6.07, 6.45) is 95.0. The molecule has 0 saturated heterocycles. The molecule has 0 saturated carbocycles. The molecule has 1 atom stereocenters. The molecule has 0 N–H and O–H groups in total. The molecule has 6 heteroatoms. The van der Waals surface area contributed by atoms with E-state index in [1.54, 1.807) is 0 Å². The van der Waals surface area contributed by atoms with E-state index >= 15 is 0 Å². The second-order valence-corrected chi connectivity index (χ2v) is 22.3. The average Bonchev–Trinajstić information content (AvgIpc) is 3.47. The molecule has 1 unspecified atom stereocenters. The zero-order valence-electron chi connectivity index (χ0n) is 53.0. The van der Waals surface area contributed by atoms with Crippen molar-refractivity contribution in [1.29, 1.82) is 0 Å². The molecule has 0 radical (unpaired) electrons. The quantitative estimate of drug-likeness (QED) is 0.0261. The van der Waals surface area contributed by atoms with Crippen molar-refractivity contribution >= 4 is 17.9 Å². The van der Waals surface area contributed by atoms with Crippen LogP contribution in [0.3, 0.4) is 0 Å². The maximum absolute atomic E-state index is 12.9. The molecule has 81 heavy (non-hydrogen) atoms. The Morgan fingerprint density at radius 1 is 0.259 bits per heavy atom. The average molecular weight is 1120 g/mol. The van der Waals surface area contributed by atoms with Crippen molar-refractivity contribution in [3.05, 3.63) is 122 Å². The number of hydrogen-bond donors (Lipinski definition) is 0. The van der Waals surface area contributed by atoms with Crippen LogP contribution in [-0.4, -0.2) is 37.2 Å². The highest BCUT2D eigenvalue weighted by Gasteiger charge is 2.19. The molecule has 0 spiro atoms. The fourth-order valence-corrected chi connectivity index (χ4v) is 9.44. The van der Waals surface area contributed by atoms with E-state index in [0.29, 0.717) is 19.3 Å². The van der Waals surface area contributed by atoms with Gasteiger partial charge in [-0.2, -0.15) is 0 Å². The van der Waals surface area contributed by atoms with Crippen molar-refractivity contribution in [2.24, 2.45) is 0 Å². The Kier molecular flexibility index (Phi) is 64.8. The second kappa shape index (κ2) is 68.3. The van der Waals surface area contributed by atoms with Gasteiger partial charge in [0.05, 0.1) is 0 Å². The number of allylic oxidation sites excluding steroid dienone is 20. The smallest absolute Gasteiger partial charge is 0.306 e. The van der Waals surface area contributed by atoms with E-state index < -0.39 is 6.10 Å². The van der Waals surface area contributed by atoms with Crippen LogP contribution < -0.4 is 0 Å². The summed E-state index contributed by atoms with van der Waals surface area (Å²) in [5.74, 6) is -0.881. The third-order valence-electron chi connectivity index (χ3n) is 14.5. The largest absolute Gasteiger partial charge is 0.462 e. The van der Waals surface area contributed by atoms with E-state index in [1.807, 2.05) is 0 Å². The number of carbonyl (C=O) groups excluding carboxylic acids is 3. The molecule has 6 nitrogen and oxygen atoms in total. The third kappa shape index (κ3) is 66.5. The van der Waals surface area contributed by atoms with Gasteiger partial charge in [0.15, 0.2) is 6.10 Å². The van der Waals surface area contributed by atoms with E-state index in [4.69, 9.17) is 14.2 Å². The molecule has 462 valence electrons. The van der Waals surface area contributed by atoms with Gasteiger partial charge >= 0.3 is 17.9 Å². The van der Waals surface area contributed by atoms with E-state index in [0.717, 1.165) is 128 Å². The number of ether oxygens (including phenoxy) is 3. The lowest BCUT2D eigenvalue weighted by molar-refractivity contribution is -0.167. The summed E-state index contributed by atoms with van der Waals surface area (Å²) < 4.78 is 16.9. The summed E-state index contributed by atoms with van der Waals surface area (Å²) in [4.78, 5) is 38.4. The summed E-state index contributed by atoms with van der Waals surface area (Å²) in [5, 5.41) is 0. The highest BCUT2D eigenvalue weighted by Crippen LogP contribution is 2.17. The summed E-state index contributed by atoms with van der Waals surface area (Å²) in [6, 6.07) is 0. The van der Waals surface area contributed by atoms with Gasteiger partial charge in [-0.05, 0) is 109 Å². The molecule has 0 aromatic carbocycles. The molecule has 0 bridgehead atoms. The predicted molar refractivity (Wildman–Crippen MR) is 353 cm³/mol. The van der Waals surface area contributed by atoms with Gasteiger partial charge in [0.25, 0.3) is 0 Å². The number of rotatable bonds is 61. The van der Waals surface area contributed by atoms with Gasteiger partial charge < -0.3 is 14.2 Å². The summed E-state index contributed by atoms with van der Waals surface area (Å²) in [7, 11) is 0. The lowest BCUT2D eigenvalue weighted by atomic mass is 10.0. The van der Waals surface area contributed by atoms with Crippen LogP contribution >= 0.6 is 0 Å². The van der Waals surface area contributed by atoms with Gasteiger partial charge in [0.1, 0.15) is 13.2 Å². The fourth-order valence-electron chi connectivity index (χ4n) is 9.44. The van der Waals surface area contributed by atoms with Gasteiger partial charge in [-0.3, -0.25) is 14.4 Å². The Morgan fingerprint density at radius 2 is 0.481 bits per heavy atom. The van der Waals surface area contributed by atoms with Crippen molar-refractivity contribution in [3.63, 3.8) is 0 Å². The molecule has 0 rings (SSSR count). The lowest BCUT2D eigenvalue weighted by Gasteiger charge is -2.18. The molecule has 0 aliphatic heterocycles. The Hall–Kier alpha value is -4.19. The summed E-state index contributed by atoms with van der Waals surface area (Å²) >= 11 is 0. The normalized spacial score (nSPS) is 12.9. The number of carbonyl (C=O) groups is 3. The molecule has 0 aliphatic rings. The van der Waals surface area contributed by atoms with Crippen LogP contribution in [0.15, 0.2) is 122 Å². The van der Waals surface area contributed by atoms with E-state index in [1.165, 1.54) is 148 Å². The molecule has 0 aromatic rings. The van der Waals surface area contributed by atoms with Gasteiger partial charge in [0, 0.05) is 19.3 Å². The minimum atomic E-state index is -0.785. The highest BCUT2D eigenvalue weighted by atomic mass is 16.6. The van der Waals surface area contributed by atoms with E-state index in [9.17, 15) is 14.4 Å². The van der Waals surface area contributed by atoms with Crippen LogP contribution in [0.2, 0.25) is 0 Å². The number of esters is 3. The van der Waals surface area contributed by atoms with Crippen LogP contribution in [0, 0.1) is 0 Å². The van der Waals surface area contributed by atoms with Crippen LogP contribution in [0.5, 0.6) is 0 Å². The summed E-state index contributed by atoms with van der Waals surface area (Å²) in [6.45, 7) is 6.42.